The average Bonchev–Trinajstić information content (AvgIpc) is 2.05. The SMILES string of the molecule is O=S(=O)(Cl)c1cc(Br)c(Br)cc1S(=O)(=O)Cl. The lowest BCUT2D eigenvalue weighted by atomic mass is 10.4. The Morgan fingerprint density at radius 1 is 0.812 bits per heavy atom. The van der Waals surface area contributed by atoms with Crippen LogP contribution >= 0.6 is 53.2 Å². The molecule has 0 heterocycles. The Morgan fingerprint density at radius 3 is 1.25 bits per heavy atom. The third-order valence-electron chi connectivity index (χ3n) is 1.51. The molecule has 10 heteroatoms. The van der Waals surface area contributed by atoms with Crippen molar-refractivity contribution in [2.24, 2.45) is 0 Å². The van der Waals surface area contributed by atoms with Crippen LogP contribution in [-0.4, -0.2) is 16.8 Å². The molecule has 0 unspecified atom stereocenters. The molecule has 0 spiro atoms. The molecule has 1 rings (SSSR count). The van der Waals surface area contributed by atoms with Crippen LogP contribution in [0, 0.1) is 0 Å². The van der Waals surface area contributed by atoms with Gasteiger partial charge in [0.25, 0.3) is 18.1 Å². The highest BCUT2D eigenvalue weighted by atomic mass is 79.9. The molecule has 0 N–H and O–H groups in total. The van der Waals surface area contributed by atoms with E-state index in [1.165, 1.54) is 0 Å². The molecule has 0 aliphatic rings. The van der Waals surface area contributed by atoms with Crippen molar-refractivity contribution in [2.75, 3.05) is 0 Å². The lowest BCUT2D eigenvalue weighted by Crippen LogP contribution is -2.01. The maximum absolute atomic E-state index is 11.2. The molecule has 0 radical (unpaired) electrons. The smallest absolute Gasteiger partial charge is 0.207 e. The number of halogens is 4. The zero-order valence-electron chi connectivity index (χ0n) is 7.12. The number of rotatable bonds is 2. The first-order chi connectivity index (χ1) is 7.03. The van der Waals surface area contributed by atoms with Gasteiger partial charge < -0.3 is 0 Å². The topological polar surface area (TPSA) is 68.3 Å². The molecule has 0 fully saturated rings. The van der Waals surface area contributed by atoms with Crippen LogP contribution in [0.25, 0.3) is 0 Å². The second kappa shape index (κ2) is 4.74. The van der Waals surface area contributed by atoms with Crippen LogP contribution in [0.15, 0.2) is 30.9 Å². The van der Waals surface area contributed by atoms with Gasteiger partial charge in [0.2, 0.25) is 0 Å². The molecule has 16 heavy (non-hydrogen) atoms. The van der Waals surface area contributed by atoms with Crippen molar-refractivity contribution < 1.29 is 16.8 Å². The van der Waals surface area contributed by atoms with E-state index >= 15 is 0 Å². The molecule has 1 aromatic rings. The maximum atomic E-state index is 11.2. The highest BCUT2D eigenvalue weighted by Crippen LogP contribution is 2.34. The van der Waals surface area contributed by atoms with E-state index in [0.717, 1.165) is 12.1 Å². The third kappa shape index (κ3) is 3.33. The van der Waals surface area contributed by atoms with E-state index in [9.17, 15) is 16.8 Å². The van der Waals surface area contributed by atoms with Gasteiger partial charge in [-0.25, -0.2) is 16.8 Å². The largest absolute Gasteiger partial charge is 0.262 e. The van der Waals surface area contributed by atoms with Gasteiger partial charge in [0, 0.05) is 30.3 Å². The molecular formula is C6H2Br2Cl2O4S2. The van der Waals surface area contributed by atoms with Crippen LogP contribution < -0.4 is 0 Å². The normalized spacial score (nSPS) is 12.8. The minimum Gasteiger partial charge on any atom is -0.207 e. The summed E-state index contributed by atoms with van der Waals surface area (Å²) in [7, 11) is 1.82. The van der Waals surface area contributed by atoms with Crippen molar-refractivity contribution in [3.8, 4) is 0 Å². The van der Waals surface area contributed by atoms with E-state index in [4.69, 9.17) is 21.4 Å². The fourth-order valence-corrected chi connectivity index (χ4v) is 4.70. The Morgan fingerprint density at radius 2 is 1.06 bits per heavy atom. The predicted octanol–water partition coefficient (Wildman–Crippen LogP) is 3.07. The van der Waals surface area contributed by atoms with Crippen LogP contribution in [0.1, 0.15) is 0 Å². The molecule has 0 amide bonds. The summed E-state index contributed by atoms with van der Waals surface area (Å²) in [5.74, 6) is 0. The van der Waals surface area contributed by atoms with Crippen LogP contribution in [0.4, 0.5) is 0 Å². The molecule has 0 atom stereocenters. The molecule has 0 aliphatic carbocycles. The first-order valence-electron chi connectivity index (χ1n) is 3.42. The third-order valence-corrected chi connectivity index (χ3v) is 6.21. The molecule has 1 aromatic carbocycles. The van der Waals surface area contributed by atoms with Gasteiger partial charge in [-0.3, -0.25) is 0 Å². The van der Waals surface area contributed by atoms with Crippen molar-refractivity contribution in [3.05, 3.63) is 21.1 Å². The molecule has 4 nitrogen and oxygen atoms in total. The highest BCUT2D eigenvalue weighted by molar-refractivity contribution is 9.13. The summed E-state index contributed by atoms with van der Waals surface area (Å²) in [5.41, 5.74) is 0. The van der Waals surface area contributed by atoms with Gasteiger partial charge in [0.15, 0.2) is 0 Å². The van der Waals surface area contributed by atoms with Crippen molar-refractivity contribution >= 4 is 71.3 Å². The predicted molar refractivity (Wildman–Crippen MR) is 67.9 cm³/mol. The van der Waals surface area contributed by atoms with E-state index < -0.39 is 27.9 Å². The Labute approximate surface area is 118 Å². The average molecular weight is 433 g/mol. The summed E-state index contributed by atoms with van der Waals surface area (Å²) in [6, 6.07) is 2.11. The number of hydrogen-bond donors (Lipinski definition) is 0. The zero-order chi connectivity index (χ0) is 12.7. The summed E-state index contributed by atoms with van der Waals surface area (Å²) in [6.45, 7) is 0. The van der Waals surface area contributed by atoms with Crippen LogP contribution in [0.2, 0.25) is 0 Å². The first-order valence-corrected chi connectivity index (χ1v) is 9.62. The molecule has 0 saturated heterocycles. The summed E-state index contributed by atoms with van der Waals surface area (Å²) in [4.78, 5) is -1.14. The van der Waals surface area contributed by atoms with E-state index in [2.05, 4.69) is 31.9 Å². The van der Waals surface area contributed by atoms with Crippen LogP contribution in [0.3, 0.4) is 0 Å². The van der Waals surface area contributed by atoms with Crippen LogP contribution in [-0.2, 0) is 18.1 Å². The second-order valence-electron chi connectivity index (χ2n) is 2.59. The first kappa shape index (κ1) is 14.7. The van der Waals surface area contributed by atoms with Crippen molar-refractivity contribution in [2.45, 2.75) is 9.79 Å². The lowest BCUT2D eigenvalue weighted by Gasteiger charge is -2.05. The van der Waals surface area contributed by atoms with E-state index in [-0.39, 0.29) is 0 Å². The van der Waals surface area contributed by atoms with Gasteiger partial charge in [0.1, 0.15) is 9.79 Å². The molecule has 0 saturated carbocycles. The van der Waals surface area contributed by atoms with Crippen LogP contribution in [0.5, 0.6) is 0 Å². The standard InChI is InChI=1S/C6H2Br2Cl2O4S2/c7-3-1-5(15(9,11)12)6(2-4(3)8)16(10,13)14/h1-2H. The Kier molecular flexibility index (Phi) is 4.36. The molecular weight excluding hydrogens is 431 g/mol. The number of benzene rings is 1. The minimum absolute atomic E-state index is 0.343. The van der Waals surface area contributed by atoms with Crippen molar-refractivity contribution in [3.63, 3.8) is 0 Å². The van der Waals surface area contributed by atoms with E-state index in [1.807, 2.05) is 0 Å². The lowest BCUT2D eigenvalue weighted by molar-refractivity contribution is 0.597. The monoisotopic (exact) mass is 430 g/mol. The fourth-order valence-electron chi connectivity index (χ4n) is 0.891. The molecule has 0 aromatic heterocycles. The Hall–Kier alpha value is 0.660. The van der Waals surface area contributed by atoms with Gasteiger partial charge in [-0.05, 0) is 44.0 Å². The fraction of sp³-hybridized carbons (Fsp3) is 0. The Balaban J connectivity index is 3.80. The highest BCUT2D eigenvalue weighted by Gasteiger charge is 2.25. The maximum Gasteiger partial charge on any atom is 0.262 e. The van der Waals surface area contributed by atoms with Gasteiger partial charge in [-0.2, -0.15) is 0 Å². The van der Waals surface area contributed by atoms with Crippen molar-refractivity contribution in [1.82, 2.24) is 0 Å². The second-order valence-corrected chi connectivity index (χ2v) is 9.37. The minimum atomic E-state index is -4.20. The van der Waals surface area contributed by atoms with E-state index in [0.29, 0.717) is 8.95 Å². The van der Waals surface area contributed by atoms with Gasteiger partial charge in [-0.1, -0.05) is 0 Å². The van der Waals surface area contributed by atoms with Gasteiger partial charge >= 0.3 is 0 Å². The van der Waals surface area contributed by atoms with Gasteiger partial charge in [-0.15, -0.1) is 0 Å². The quantitative estimate of drug-likeness (QED) is 0.673. The number of hydrogen-bond acceptors (Lipinski definition) is 4. The summed E-state index contributed by atoms with van der Waals surface area (Å²) in [5, 5.41) is 0. The van der Waals surface area contributed by atoms with Gasteiger partial charge in [0.05, 0.1) is 0 Å². The molecule has 0 bridgehead atoms. The summed E-state index contributed by atoms with van der Waals surface area (Å²) < 4.78 is 45.4. The van der Waals surface area contributed by atoms with E-state index in [1.54, 1.807) is 0 Å². The Bertz CT molecular complexity index is 582. The summed E-state index contributed by atoms with van der Waals surface area (Å²) in [6.07, 6.45) is 0. The zero-order valence-corrected chi connectivity index (χ0v) is 13.4. The summed E-state index contributed by atoms with van der Waals surface area (Å²) >= 11 is 6.06. The van der Waals surface area contributed by atoms with Crippen molar-refractivity contribution in [1.29, 1.82) is 0 Å². The molecule has 90 valence electrons. The molecule has 0 aliphatic heterocycles.